The summed E-state index contributed by atoms with van der Waals surface area (Å²) in [4.78, 5) is 20.3. The molecule has 0 saturated heterocycles. The van der Waals surface area contributed by atoms with E-state index < -0.39 is 5.97 Å². The molecule has 2 aromatic carbocycles. The quantitative estimate of drug-likeness (QED) is 0.468. The van der Waals surface area contributed by atoms with E-state index in [9.17, 15) is 9.90 Å². The van der Waals surface area contributed by atoms with E-state index in [-0.39, 0.29) is 11.7 Å². The monoisotopic (exact) mass is 477 g/mol. The maximum absolute atomic E-state index is 11.6. The van der Waals surface area contributed by atoms with Crippen LogP contribution in [0.3, 0.4) is 0 Å². The van der Waals surface area contributed by atoms with Crippen molar-refractivity contribution in [1.82, 2.24) is 9.97 Å². The number of hydrogen-bond acceptors (Lipinski definition) is 8. The Morgan fingerprint density at radius 3 is 2.60 bits per heavy atom. The van der Waals surface area contributed by atoms with Gasteiger partial charge in [0.15, 0.2) is 11.5 Å². The molecule has 1 aliphatic carbocycles. The van der Waals surface area contributed by atoms with Crippen molar-refractivity contribution in [2.24, 2.45) is 0 Å². The minimum absolute atomic E-state index is 0.0727. The Morgan fingerprint density at radius 1 is 1.09 bits per heavy atom. The molecule has 0 atom stereocenters. The number of methoxy groups -OCH3 is 1. The van der Waals surface area contributed by atoms with Gasteiger partial charge in [-0.15, -0.1) is 0 Å². The largest absolute Gasteiger partial charge is 0.496 e. The first kappa shape index (κ1) is 22.8. The highest BCUT2D eigenvalue weighted by atomic mass is 16.6. The first-order chi connectivity index (χ1) is 17.1. The predicted octanol–water partition coefficient (Wildman–Crippen LogP) is 4.21. The van der Waals surface area contributed by atoms with Crippen LogP contribution in [0.4, 0.5) is 5.82 Å². The Kier molecular flexibility index (Phi) is 6.56. The second-order valence-electron chi connectivity index (χ2n) is 8.46. The number of hydrogen-bond donors (Lipinski definition) is 2. The Labute approximate surface area is 203 Å². The third kappa shape index (κ3) is 5.08. The number of aromatic carboxylic acids is 1. The van der Waals surface area contributed by atoms with Crippen molar-refractivity contribution in [2.75, 3.05) is 32.2 Å². The molecule has 1 saturated carbocycles. The van der Waals surface area contributed by atoms with Crippen LogP contribution < -0.4 is 24.3 Å². The van der Waals surface area contributed by atoms with Crippen molar-refractivity contribution in [1.29, 1.82) is 0 Å². The topological polar surface area (TPSA) is 112 Å². The average molecular weight is 478 g/mol. The molecule has 2 heterocycles. The zero-order valence-corrected chi connectivity index (χ0v) is 19.5. The number of carboxylic acids is 1. The standard InChI is InChI=1S/C26H27N3O6/c1-32-21-14-24-23(33-9-10-34-24)12-17(21)7-8-27-25-13-20(28-15-29-25)16-5-6-19(26(30)31)22(11-16)35-18-3-2-4-18/h5-6,11-15,18H,2-4,7-10H2,1H3,(H,30,31)(H,27,28,29). The van der Waals surface area contributed by atoms with Crippen LogP contribution in [0, 0.1) is 0 Å². The van der Waals surface area contributed by atoms with Gasteiger partial charge in [0.2, 0.25) is 0 Å². The minimum atomic E-state index is -1.01. The van der Waals surface area contributed by atoms with Crippen molar-refractivity contribution in [3.63, 3.8) is 0 Å². The third-order valence-corrected chi connectivity index (χ3v) is 6.17. The van der Waals surface area contributed by atoms with Gasteiger partial charge in [0.1, 0.15) is 42.4 Å². The highest BCUT2D eigenvalue weighted by molar-refractivity contribution is 5.92. The first-order valence-corrected chi connectivity index (χ1v) is 11.7. The number of carbonyl (C=O) groups is 1. The second-order valence-corrected chi connectivity index (χ2v) is 8.46. The normalized spacial score (nSPS) is 14.7. The summed E-state index contributed by atoms with van der Waals surface area (Å²) < 4.78 is 22.8. The van der Waals surface area contributed by atoms with Crippen molar-refractivity contribution in [3.05, 3.63) is 53.9 Å². The van der Waals surface area contributed by atoms with Crippen LogP contribution >= 0.6 is 0 Å². The van der Waals surface area contributed by atoms with E-state index in [0.29, 0.717) is 49.2 Å². The molecule has 0 bridgehead atoms. The molecule has 0 radical (unpaired) electrons. The lowest BCUT2D eigenvalue weighted by Gasteiger charge is -2.27. The highest BCUT2D eigenvalue weighted by Gasteiger charge is 2.23. The molecule has 1 fully saturated rings. The van der Waals surface area contributed by atoms with E-state index in [2.05, 4.69) is 15.3 Å². The molecule has 182 valence electrons. The lowest BCUT2D eigenvalue weighted by molar-refractivity contribution is 0.0680. The molecule has 9 nitrogen and oxygen atoms in total. The van der Waals surface area contributed by atoms with Crippen LogP contribution in [0.15, 0.2) is 42.7 Å². The summed E-state index contributed by atoms with van der Waals surface area (Å²) in [5.74, 6) is 2.19. The highest BCUT2D eigenvalue weighted by Crippen LogP contribution is 2.37. The lowest BCUT2D eigenvalue weighted by atomic mass is 9.96. The minimum Gasteiger partial charge on any atom is -0.496 e. The van der Waals surface area contributed by atoms with Gasteiger partial charge < -0.3 is 29.4 Å². The van der Waals surface area contributed by atoms with Crippen LogP contribution in [-0.2, 0) is 6.42 Å². The number of aromatic nitrogens is 2. The molecule has 3 aromatic rings. The molecule has 0 unspecified atom stereocenters. The van der Waals surface area contributed by atoms with Gasteiger partial charge in [-0.2, -0.15) is 0 Å². The third-order valence-electron chi connectivity index (χ3n) is 6.17. The number of nitrogens with zero attached hydrogens (tertiary/aromatic N) is 2. The van der Waals surface area contributed by atoms with Crippen LogP contribution in [0.25, 0.3) is 11.3 Å². The summed E-state index contributed by atoms with van der Waals surface area (Å²) in [5, 5.41) is 12.9. The van der Waals surface area contributed by atoms with Crippen LogP contribution in [0.5, 0.6) is 23.0 Å². The smallest absolute Gasteiger partial charge is 0.339 e. The van der Waals surface area contributed by atoms with Crippen molar-refractivity contribution in [2.45, 2.75) is 31.8 Å². The Hall–Kier alpha value is -4.01. The Balaban J connectivity index is 1.29. The molecular formula is C26H27N3O6. The number of rotatable bonds is 9. The van der Waals surface area contributed by atoms with E-state index in [1.807, 2.05) is 18.2 Å². The molecule has 35 heavy (non-hydrogen) atoms. The first-order valence-electron chi connectivity index (χ1n) is 11.7. The van der Waals surface area contributed by atoms with E-state index in [4.69, 9.17) is 18.9 Å². The van der Waals surface area contributed by atoms with Crippen molar-refractivity contribution >= 4 is 11.8 Å². The van der Waals surface area contributed by atoms with Gasteiger partial charge in [-0.05, 0) is 49.4 Å². The summed E-state index contributed by atoms with van der Waals surface area (Å²) >= 11 is 0. The van der Waals surface area contributed by atoms with Crippen LogP contribution in [0.1, 0.15) is 35.2 Å². The fourth-order valence-electron chi connectivity index (χ4n) is 4.06. The van der Waals surface area contributed by atoms with Gasteiger partial charge >= 0.3 is 5.97 Å². The van der Waals surface area contributed by atoms with E-state index >= 15 is 0 Å². The average Bonchev–Trinajstić information content (AvgIpc) is 2.85. The van der Waals surface area contributed by atoms with Gasteiger partial charge in [0.05, 0.1) is 18.9 Å². The number of anilines is 1. The Morgan fingerprint density at radius 2 is 1.89 bits per heavy atom. The molecule has 2 N–H and O–H groups in total. The maximum Gasteiger partial charge on any atom is 0.339 e. The van der Waals surface area contributed by atoms with Crippen LogP contribution in [0.2, 0.25) is 0 Å². The van der Waals surface area contributed by atoms with Gasteiger partial charge in [-0.25, -0.2) is 14.8 Å². The molecule has 2 aliphatic rings. The molecular weight excluding hydrogens is 450 g/mol. The van der Waals surface area contributed by atoms with E-state index in [1.165, 1.54) is 6.33 Å². The zero-order valence-electron chi connectivity index (χ0n) is 19.5. The number of ether oxygens (including phenoxy) is 4. The number of nitrogens with one attached hydrogen (secondary N) is 1. The number of benzene rings is 2. The summed E-state index contributed by atoms with van der Waals surface area (Å²) in [6.45, 7) is 1.67. The molecule has 1 aromatic heterocycles. The molecule has 0 spiro atoms. The van der Waals surface area contributed by atoms with Crippen LogP contribution in [-0.4, -0.2) is 54.0 Å². The molecule has 0 amide bonds. The van der Waals surface area contributed by atoms with E-state index in [1.54, 1.807) is 25.3 Å². The fourth-order valence-corrected chi connectivity index (χ4v) is 4.06. The van der Waals surface area contributed by atoms with Gasteiger partial charge in [0, 0.05) is 24.2 Å². The number of carboxylic acid groups (broad SMARTS) is 1. The summed E-state index contributed by atoms with van der Waals surface area (Å²) in [6.07, 6.45) is 5.24. The van der Waals surface area contributed by atoms with Gasteiger partial charge in [-0.3, -0.25) is 0 Å². The summed E-state index contributed by atoms with van der Waals surface area (Å²) in [6, 6.07) is 10.7. The zero-order chi connectivity index (χ0) is 24.2. The van der Waals surface area contributed by atoms with Gasteiger partial charge in [-0.1, -0.05) is 6.07 Å². The number of fused-ring (bicyclic) bond motifs is 1. The lowest BCUT2D eigenvalue weighted by Crippen LogP contribution is -2.25. The molecule has 5 rings (SSSR count). The fraction of sp³-hybridized carbons (Fsp3) is 0.346. The Bertz CT molecular complexity index is 1230. The van der Waals surface area contributed by atoms with E-state index in [0.717, 1.165) is 41.9 Å². The molecule has 1 aliphatic heterocycles. The predicted molar refractivity (Wildman–Crippen MR) is 129 cm³/mol. The SMILES string of the molecule is COc1cc2c(cc1CCNc1cc(-c3ccc(C(=O)O)c(OC4CCC4)c3)ncn1)OCCO2. The van der Waals surface area contributed by atoms with Crippen molar-refractivity contribution < 1.29 is 28.8 Å². The summed E-state index contributed by atoms with van der Waals surface area (Å²) in [5.41, 5.74) is 2.60. The second kappa shape index (κ2) is 10.1. The summed E-state index contributed by atoms with van der Waals surface area (Å²) in [7, 11) is 1.64. The van der Waals surface area contributed by atoms with Crippen molar-refractivity contribution in [3.8, 4) is 34.3 Å². The molecule has 9 heteroatoms. The maximum atomic E-state index is 11.6. The van der Waals surface area contributed by atoms with Gasteiger partial charge in [0.25, 0.3) is 0 Å².